The second-order valence-electron chi connectivity index (χ2n) is 5.10. The van der Waals surface area contributed by atoms with Crippen molar-refractivity contribution in [3.63, 3.8) is 0 Å². The Morgan fingerprint density at radius 1 is 1.00 bits per heavy atom. The van der Waals surface area contributed by atoms with Gasteiger partial charge in [-0.3, -0.25) is 4.72 Å². The number of allylic oxidation sites excluding steroid dienone is 2. The molecule has 0 radical (unpaired) electrons. The lowest BCUT2D eigenvalue weighted by Crippen LogP contribution is -2.13. The van der Waals surface area contributed by atoms with Crippen LogP contribution in [0, 0.1) is 13.8 Å². The predicted molar refractivity (Wildman–Crippen MR) is 92.4 cm³/mol. The van der Waals surface area contributed by atoms with Gasteiger partial charge in [0, 0.05) is 0 Å². The molecular weight excluding hydrogens is 294 g/mol. The van der Waals surface area contributed by atoms with Gasteiger partial charge in [0.05, 0.1) is 10.6 Å². The van der Waals surface area contributed by atoms with Crippen LogP contribution in [0.3, 0.4) is 0 Å². The lowest BCUT2D eigenvalue weighted by molar-refractivity contribution is 0.601. The fraction of sp³-hybridized carbons (Fsp3) is 0.111. The summed E-state index contributed by atoms with van der Waals surface area (Å²) in [6.07, 6.45) is 5.26. The molecule has 0 fully saturated rings. The SMILES string of the molecule is C=C/C=C\c1cc(C)ccc1NS(=O)(=O)c1ccc(C)cc1. The summed E-state index contributed by atoms with van der Waals surface area (Å²) >= 11 is 0. The number of hydrogen-bond donors (Lipinski definition) is 1. The highest BCUT2D eigenvalue weighted by atomic mass is 32.2. The van der Waals surface area contributed by atoms with Gasteiger partial charge in [-0.05, 0) is 43.7 Å². The summed E-state index contributed by atoms with van der Waals surface area (Å²) in [5.41, 5.74) is 3.42. The van der Waals surface area contributed by atoms with E-state index in [9.17, 15) is 8.42 Å². The zero-order chi connectivity index (χ0) is 16.2. The van der Waals surface area contributed by atoms with E-state index in [4.69, 9.17) is 0 Å². The molecule has 0 atom stereocenters. The minimum Gasteiger partial charge on any atom is -0.279 e. The van der Waals surface area contributed by atoms with E-state index in [-0.39, 0.29) is 4.90 Å². The molecule has 0 aliphatic heterocycles. The molecule has 0 unspecified atom stereocenters. The summed E-state index contributed by atoms with van der Waals surface area (Å²) in [6, 6.07) is 12.3. The quantitative estimate of drug-likeness (QED) is 0.836. The molecule has 22 heavy (non-hydrogen) atoms. The van der Waals surface area contributed by atoms with E-state index in [1.165, 1.54) is 0 Å². The zero-order valence-electron chi connectivity index (χ0n) is 12.7. The highest BCUT2D eigenvalue weighted by Crippen LogP contribution is 2.23. The van der Waals surface area contributed by atoms with Crippen molar-refractivity contribution in [2.75, 3.05) is 4.72 Å². The molecule has 3 nitrogen and oxygen atoms in total. The Morgan fingerprint density at radius 3 is 2.27 bits per heavy atom. The molecule has 0 saturated carbocycles. The minimum absolute atomic E-state index is 0.248. The summed E-state index contributed by atoms with van der Waals surface area (Å²) in [6.45, 7) is 7.51. The Kier molecular flexibility index (Phi) is 4.83. The van der Waals surface area contributed by atoms with Gasteiger partial charge in [-0.15, -0.1) is 0 Å². The first kappa shape index (κ1) is 16.0. The van der Waals surface area contributed by atoms with Crippen molar-refractivity contribution in [3.05, 3.63) is 77.9 Å². The molecule has 0 spiro atoms. The highest BCUT2D eigenvalue weighted by Gasteiger charge is 2.15. The summed E-state index contributed by atoms with van der Waals surface area (Å²) in [4.78, 5) is 0.248. The first-order valence-electron chi connectivity index (χ1n) is 6.91. The largest absolute Gasteiger partial charge is 0.279 e. The van der Waals surface area contributed by atoms with Crippen LogP contribution in [0.25, 0.3) is 6.08 Å². The van der Waals surface area contributed by atoms with Crippen LogP contribution in [0.15, 0.2) is 66.1 Å². The number of benzene rings is 2. The molecule has 2 aromatic rings. The lowest BCUT2D eigenvalue weighted by Gasteiger charge is -2.11. The normalized spacial score (nSPS) is 11.5. The molecule has 2 aromatic carbocycles. The van der Waals surface area contributed by atoms with Gasteiger partial charge in [-0.1, -0.05) is 54.1 Å². The van der Waals surface area contributed by atoms with Crippen LogP contribution in [-0.4, -0.2) is 8.42 Å². The van der Waals surface area contributed by atoms with Crippen LogP contribution in [0.4, 0.5) is 5.69 Å². The summed E-state index contributed by atoms with van der Waals surface area (Å²) in [7, 11) is -3.60. The van der Waals surface area contributed by atoms with Gasteiger partial charge in [-0.25, -0.2) is 8.42 Å². The van der Waals surface area contributed by atoms with Gasteiger partial charge in [0.2, 0.25) is 0 Å². The molecule has 0 aliphatic rings. The van der Waals surface area contributed by atoms with Crippen molar-refractivity contribution in [1.29, 1.82) is 0 Å². The van der Waals surface area contributed by atoms with Gasteiger partial charge in [0.15, 0.2) is 0 Å². The third-order valence-electron chi connectivity index (χ3n) is 3.19. The van der Waals surface area contributed by atoms with Crippen LogP contribution in [0.2, 0.25) is 0 Å². The van der Waals surface area contributed by atoms with Crippen LogP contribution < -0.4 is 4.72 Å². The van der Waals surface area contributed by atoms with Gasteiger partial charge in [0.25, 0.3) is 10.0 Å². The Labute approximate surface area is 132 Å². The summed E-state index contributed by atoms with van der Waals surface area (Å²) in [5.74, 6) is 0. The fourth-order valence-corrected chi connectivity index (χ4v) is 3.09. The third kappa shape index (κ3) is 3.86. The maximum Gasteiger partial charge on any atom is 0.261 e. The average molecular weight is 313 g/mol. The Morgan fingerprint density at radius 2 is 1.64 bits per heavy atom. The van der Waals surface area contributed by atoms with E-state index in [0.29, 0.717) is 5.69 Å². The average Bonchev–Trinajstić information content (AvgIpc) is 2.48. The smallest absolute Gasteiger partial charge is 0.261 e. The van der Waals surface area contributed by atoms with E-state index >= 15 is 0 Å². The summed E-state index contributed by atoms with van der Waals surface area (Å²) < 4.78 is 27.6. The fourth-order valence-electron chi connectivity index (χ4n) is 2.01. The Balaban J connectivity index is 2.39. The van der Waals surface area contributed by atoms with Gasteiger partial charge >= 0.3 is 0 Å². The van der Waals surface area contributed by atoms with E-state index in [0.717, 1.165) is 16.7 Å². The minimum atomic E-state index is -3.60. The molecule has 114 valence electrons. The maximum atomic E-state index is 12.5. The van der Waals surface area contributed by atoms with E-state index in [1.54, 1.807) is 42.5 Å². The molecule has 4 heteroatoms. The molecule has 0 heterocycles. The van der Waals surface area contributed by atoms with E-state index in [2.05, 4.69) is 11.3 Å². The number of aryl methyl sites for hydroxylation is 2. The number of anilines is 1. The van der Waals surface area contributed by atoms with Crippen molar-refractivity contribution < 1.29 is 8.42 Å². The lowest BCUT2D eigenvalue weighted by atomic mass is 10.1. The predicted octanol–water partition coefficient (Wildman–Crippen LogP) is 4.30. The number of sulfonamides is 1. The van der Waals surface area contributed by atoms with E-state index < -0.39 is 10.0 Å². The van der Waals surface area contributed by atoms with Crippen molar-refractivity contribution >= 4 is 21.8 Å². The van der Waals surface area contributed by atoms with Crippen LogP contribution >= 0.6 is 0 Å². The highest BCUT2D eigenvalue weighted by molar-refractivity contribution is 7.92. The molecule has 0 saturated heterocycles. The van der Waals surface area contributed by atoms with Crippen molar-refractivity contribution in [2.24, 2.45) is 0 Å². The van der Waals surface area contributed by atoms with Gasteiger partial charge in [-0.2, -0.15) is 0 Å². The molecule has 0 bridgehead atoms. The molecule has 2 rings (SSSR count). The van der Waals surface area contributed by atoms with E-state index in [1.807, 2.05) is 32.1 Å². The van der Waals surface area contributed by atoms with Crippen molar-refractivity contribution in [2.45, 2.75) is 18.7 Å². The number of hydrogen-bond acceptors (Lipinski definition) is 2. The molecule has 1 N–H and O–H groups in total. The number of nitrogens with one attached hydrogen (secondary N) is 1. The monoisotopic (exact) mass is 313 g/mol. The molecule has 0 aromatic heterocycles. The van der Waals surface area contributed by atoms with Crippen molar-refractivity contribution in [3.8, 4) is 0 Å². The Bertz CT molecular complexity index is 803. The molecule has 0 aliphatic carbocycles. The Hall–Kier alpha value is -2.33. The maximum absolute atomic E-state index is 12.5. The second-order valence-corrected chi connectivity index (χ2v) is 6.79. The first-order chi connectivity index (χ1) is 10.4. The van der Waals surface area contributed by atoms with Crippen molar-refractivity contribution in [1.82, 2.24) is 0 Å². The van der Waals surface area contributed by atoms with Crippen LogP contribution in [0.1, 0.15) is 16.7 Å². The molecular formula is C18H19NO2S. The van der Waals surface area contributed by atoms with Gasteiger partial charge < -0.3 is 0 Å². The standard InChI is InChI=1S/C18H19NO2S/c1-4-5-6-16-13-15(3)9-12-18(16)19-22(20,21)17-10-7-14(2)8-11-17/h4-13,19H,1H2,2-3H3/b6-5-. The second kappa shape index (κ2) is 6.62. The molecule has 0 amide bonds. The summed E-state index contributed by atoms with van der Waals surface area (Å²) in [5, 5.41) is 0. The van der Waals surface area contributed by atoms with Crippen LogP contribution in [-0.2, 0) is 10.0 Å². The number of rotatable bonds is 5. The zero-order valence-corrected chi connectivity index (χ0v) is 13.5. The third-order valence-corrected chi connectivity index (χ3v) is 4.58. The van der Waals surface area contributed by atoms with Gasteiger partial charge in [0.1, 0.15) is 0 Å². The first-order valence-corrected chi connectivity index (χ1v) is 8.40. The topological polar surface area (TPSA) is 46.2 Å². The van der Waals surface area contributed by atoms with Crippen LogP contribution in [0.5, 0.6) is 0 Å².